The van der Waals surface area contributed by atoms with Gasteiger partial charge >= 0.3 is 0 Å². The SMILES string of the molecule is COc1cc(NC2CCCC(C)C2C)c(Br)cc1Br. The minimum absolute atomic E-state index is 0.547. The third-order valence-electron chi connectivity index (χ3n) is 4.29. The summed E-state index contributed by atoms with van der Waals surface area (Å²) >= 11 is 7.13. The van der Waals surface area contributed by atoms with E-state index in [0.29, 0.717) is 12.0 Å². The molecule has 0 aliphatic heterocycles. The highest BCUT2D eigenvalue weighted by molar-refractivity contribution is 9.11. The quantitative estimate of drug-likeness (QED) is 0.739. The maximum absolute atomic E-state index is 5.37. The van der Waals surface area contributed by atoms with E-state index in [1.807, 2.05) is 6.07 Å². The summed E-state index contributed by atoms with van der Waals surface area (Å²) in [6.07, 6.45) is 3.91. The van der Waals surface area contributed by atoms with Crippen LogP contribution in [-0.2, 0) is 0 Å². The summed E-state index contributed by atoms with van der Waals surface area (Å²) in [6.45, 7) is 4.71. The number of hydrogen-bond donors (Lipinski definition) is 1. The number of hydrogen-bond acceptors (Lipinski definition) is 2. The van der Waals surface area contributed by atoms with Gasteiger partial charge in [-0.2, -0.15) is 0 Å². The average molecular weight is 391 g/mol. The van der Waals surface area contributed by atoms with Gasteiger partial charge < -0.3 is 10.1 Å². The van der Waals surface area contributed by atoms with Gasteiger partial charge in [-0.05, 0) is 56.2 Å². The smallest absolute Gasteiger partial charge is 0.135 e. The molecule has 1 aliphatic carbocycles. The van der Waals surface area contributed by atoms with Crippen LogP contribution in [-0.4, -0.2) is 13.2 Å². The number of methoxy groups -OCH3 is 1. The fourth-order valence-corrected chi connectivity index (χ4v) is 4.05. The second kappa shape index (κ2) is 6.49. The van der Waals surface area contributed by atoms with Crippen LogP contribution in [0.2, 0.25) is 0 Å². The van der Waals surface area contributed by atoms with Crippen LogP contribution in [0.4, 0.5) is 5.69 Å². The van der Waals surface area contributed by atoms with E-state index in [0.717, 1.165) is 26.3 Å². The maximum atomic E-state index is 5.37. The summed E-state index contributed by atoms with van der Waals surface area (Å²) in [5, 5.41) is 3.68. The third-order valence-corrected chi connectivity index (χ3v) is 5.57. The molecule has 0 radical (unpaired) electrons. The molecule has 2 nitrogen and oxygen atoms in total. The van der Waals surface area contributed by atoms with Gasteiger partial charge in [-0.25, -0.2) is 0 Å². The van der Waals surface area contributed by atoms with Crippen molar-refractivity contribution < 1.29 is 4.74 Å². The molecule has 1 saturated carbocycles. The Morgan fingerprint density at radius 2 is 1.89 bits per heavy atom. The first-order chi connectivity index (χ1) is 9.02. The first kappa shape index (κ1) is 15.2. The van der Waals surface area contributed by atoms with Gasteiger partial charge in [0.1, 0.15) is 5.75 Å². The van der Waals surface area contributed by atoms with Crippen LogP contribution in [0.15, 0.2) is 21.1 Å². The Balaban J connectivity index is 2.18. The van der Waals surface area contributed by atoms with Crippen molar-refractivity contribution in [2.24, 2.45) is 11.8 Å². The highest BCUT2D eigenvalue weighted by Crippen LogP contribution is 2.37. The molecule has 1 aromatic carbocycles. The molecule has 1 aliphatic rings. The van der Waals surface area contributed by atoms with Gasteiger partial charge in [-0.1, -0.05) is 26.7 Å². The molecule has 0 spiro atoms. The lowest BCUT2D eigenvalue weighted by Gasteiger charge is -2.35. The van der Waals surface area contributed by atoms with E-state index in [4.69, 9.17) is 4.74 Å². The van der Waals surface area contributed by atoms with Crippen molar-refractivity contribution in [3.05, 3.63) is 21.1 Å². The minimum atomic E-state index is 0.547. The Morgan fingerprint density at radius 1 is 1.16 bits per heavy atom. The Labute approximate surface area is 132 Å². The second-order valence-electron chi connectivity index (χ2n) is 5.48. The van der Waals surface area contributed by atoms with E-state index in [2.05, 4.69) is 57.1 Å². The van der Waals surface area contributed by atoms with Gasteiger partial charge in [0.05, 0.1) is 17.3 Å². The highest BCUT2D eigenvalue weighted by Gasteiger charge is 2.27. The lowest BCUT2D eigenvalue weighted by Crippen LogP contribution is -2.35. The van der Waals surface area contributed by atoms with E-state index in [1.165, 1.54) is 19.3 Å². The van der Waals surface area contributed by atoms with Crippen LogP contribution < -0.4 is 10.1 Å². The molecule has 106 valence electrons. The Bertz CT molecular complexity index is 450. The normalized spacial score (nSPS) is 27.1. The second-order valence-corrected chi connectivity index (χ2v) is 7.19. The van der Waals surface area contributed by atoms with Crippen LogP contribution in [0.5, 0.6) is 5.75 Å². The predicted molar refractivity (Wildman–Crippen MR) is 88.0 cm³/mol. The van der Waals surface area contributed by atoms with Crippen molar-refractivity contribution in [3.63, 3.8) is 0 Å². The number of rotatable bonds is 3. The van der Waals surface area contributed by atoms with Gasteiger partial charge in [-0.15, -0.1) is 0 Å². The van der Waals surface area contributed by atoms with Crippen molar-refractivity contribution in [2.45, 2.75) is 39.2 Å². The summed E-state index contributed by atoms with van der Waals surface area (Å²) in [6, 6.07) is 4.64. The van der Waals surface area contributed by atoms with Gasteiger partial charge in [-0.3, -0.25) is 0 Å². The molecular weight excluding hydrogens is 370 g/mol. The monoisotopic (exact) mass is 389 g/mol. The topological polar surface area (TPSA) is 21.3 Å². The van der Waals surface area contributed by atoms with Gasteiger partial charge in [0.2, 0.25) is 0 Å². The molecule has 3 unspecified atom stereocenters. The summed E-state index contributed by atoms with van der Waals surface area (Å²) in [5.74, 6) is 2.36. The largest absolute Gasteiger partial charge is 0.495 e. The lowest BCUT2D eigenvalue weighted by atomic mass is 9.78. The number of anilines is 1. The molecular formula is C15H21Br2NO. The third kappa shape index (κ3) is 3.46. The standard InChI is InChI=1S/C15H21Br2NO/c1-9-5-4-6-13(10(9)2)18-14-8-15(19-3)12(17)7-11(14)16/h7-10,13,18H,4-6H2,1-3H3. The van der Waals surface area contributed by atoms with Gasteiger partial charge in [0.25, 0.3) is 0 Å². The molecule has 0 bridgehead atoms. The van der Waals surface area contributed by atoms with Gasteiger partial charge in [0, 0.05) is 16.6 Å². The van der Waals surface area contributed by atoms with E-state index in [9.17, 15) is 0 Å². The minimum Gasteiger partial charge on any atom is -0.495 e. The molecule has 19 heavy (non-hydrogen) atoms. The molecule has 4 heteroatoms. The van der Waals surface area contributed by atoms with Crippen LogP contribution >= 0.6 is 31.9 Å². The maximum Gasteiger partial charge on any atom is 0.135 e. The molecule has 1 fully saturated rings. The predicted octanol–water partition coefficient (Wildman–Crippen LogP) is 5.46. The number of benzene rings is 1. The Hall–Kier alpha value is -0.220. The first-order valence-electron chi connectivity index (χ1n) is 6.82. The summed E-state index contributed by atoms with van der Waals surface area (Å²) < 4.78 is 7.41. The zero-order valence-electron chi connectivity index (χ0n) is 11.7. The molecule has 3 atom stereocenters. The van der Waals surface area contributed by atoms with Crippen LogP contribution in [0, 0.1) is 11.8 Å². The molecule has 0 heterocycles. The van der Waals surface area contributed by atoms with Crippen LogP contribution in [0.3, 0.4) is 0 Å². The summed E-state index contributed by atoms with van der Waals surface area (Å²) in [7, 11) is 1.70. The first-order valence-corrected chi connectivity index (χ1v) is 8.41. The molecule has 0 amide bonds. The Kier molecular flexibility index (Phi) is 5.18. The number of ether oxygens (including phenoxy) is 1. The lowest BCUT2D eigenvalue weighted by molar-refractivity contribution is 0.253. The molecule has 0 aromatic heterocycles. The van der Waals surface area contributed by atoms with Crippen LogP contribution in [0.25, 0.3) is 0 Å². The fourth-order valence-electron chi connectivity index (χ4n) is 2.78. The molecule has 2 rings (SSSR count). The number of nitrogens with one attached hydrogen (secondary N) is 1. The molecule has 0 saturated heterocycles. The summed E-state index contributed by atoms with van der Waals surface area (Å²) in [5.41, 5.74) is 1.12. The zero-order valence-corrected chi connectivity index (χ0v) is 14.8. The molecule has 1 aromatic rings. The fraction of sp³-hybridized carbons (Fsp3) is 0.600. The van der Waals surface area contributed by atoms with E-state index in [1.54, 1.807) is 7.11 Å². The van der Waals surface area contributed by atoms with Crippen molar-refractivity contribution in [1.82, 2.24) is 0 Å². The van der Waals surface area contributed by atoms with Crippen molar-refractivity contribution in [3.8, 4) is 5.75 Å². The number of halogens is 2. The van der Waals surface area contributed by atoms with Crippen molar-refractivity contribution >= 4 is 37.5 Å². The molecule has 1 N–H and O–H groups in total. The summed E-state index contributed by atoms with van der Waals surface area (Å²) in [4.78, 5) is 0. The van der Waals surface area contributed by atoms with Gasteiger partial charge in [0.15, 0.2) is 0 Å². The van der Waals surface area contributed by atoms with Crippen molar-refractivity contribution in [2.75, 3.05) is 12.4 Å². The van der Waals surface area contributed by atoms with E-state index < -0.39 is 0 Å². The highest BCUT2D eigenvalue weighted by atomic mass is 79.9. The zero-order chi connectivity index (χ0) is 14.0. The van der Waals surface area contributed by atoms with E-state index >= 15 is 0 Å². The Morgan fingerprint density at radius 3 is 2.58 bits per heavy atom. The van der Waals surface area contributed by atoms with E-state index in [-0.39, 0.29) is 0 Å². The average Bonchev–Trinajstić information content (AvgIpc) is 2.38. The van der Waals surface area contributed by atoms with Crippen molar-refractivity contribution in [1.29, 1.82) is 0 Å². The van der Waals surface area contributed by atoms with Crippen LogP contribution in [0.1, 0.15) is 33.1 Å².